The molecule has 0 saturated carbocycles. The molecule has 3 rings (SSSR count). The van der Waals surface area contributed by atoms with E-state index in [4.69, 9.17) is 4.74 Å². The van der Waals surface area contributed by atoms with Crippen molar-refractivity contribution < 1.29 is 27.5 Å². The van der Waals surface area contributed by atoms with Gasteiger partial charge in [-0.15, -0.1) is 0 Å². The summed E-state index contributed by atoms with van der Waals surface area (Å²) in [6, 6.07) is 12.7. The second kappa shape index (κ2) is 12.2. The fourth-order valence-corrected chi connectivity index (χ4v) is 5.85. The first-order valence-corrected chi connectivity index (χ1v) is 13.9. The quantitative estimate of drug-likeness (QED) is 0.452. The van der Waals surface area contributed by atoms with Crippen molar-refractivity contribution in [3.05, 3.63) is 59.7 Å². The van der Waals surface area contributed by atoms with E-state index in [1.54, 1.807) is 31.4 Å². The van der Waals surface area contributed by atoms with Crippen LogP contribution in [0.3, 0.4) is 0 Å². The van der Waals surface area contributed by atoms with Gasteiger partial charge in [0, 0.05) is 26.1 Å². The average molecular weight is 530 g/mol. The van der Waals surface area contributed by atoms with E-state index < -0.39 is 22.0 Å². The number of nitrogens with one attached hydrogen (secondary N) is 1. The Labute approximate surface area is 218 Å². The standard InChI is InChI=1S/C27H35N3O6S/c1-5-23(26(32)28-17-19(2)3)29(18-20-12-14-21(36-4)15-13-20)25(31)11-8-16-30-27(33)22-9-6-7-10-24(22)37(30,34)35/h6-7,9-10,12-15,19,23H,5,8,11,16-18H2,1-4H3,(H,28,32)/t23-/m1/s1. The summed E-state index contributed by atoms with van der Waals surface area (Å²) < 4.78 is 31.7. The Bertz CT molecular complexity index is 1230. The van der Waals surface area contributed by atoms with Gasteiger partial charge >= 0.3 is 0 Å². The summed E-state index contributed by atoms with van der Waals surface area (Å²) in [6.07, 6.45) is 0.542. The molecule has 0 unspecified atom stereocenters. The summed E-state index contributed by atoms with van der Waals surface area (Å²) in [6.45, 7) is 6.42. The fourth-order valence-electron chi connectivity index (χ4n) is 4.24. The van der Waals surface area contributed by atoms with Gasteiger partial charge in [-0.25, -0.2) is 12.7 Å². The molecule has 200 valence electrons. The number of hydrogen-bond donors (Lipinski definition) is 1. The Balaban J connectivity index is 1.74. The van der Waals surface area contributed by atoms with Gasteiger partial charge in [-0.05, 0) is 48.6 Å². The molecule has 3 amide bonds. The number of sulfonamides is 1. The molecule has 10 heteroatoms. The Morgan fingerprint density at radius 2 is 1.76 bits per heavy atom. The van der Waals surface area contributed by atoms with Gasteiger partial charge in [-0.2, -0.15) is 0 Å². The highest BCUT2D eigenvalue weighted by molar-refractivity contribution is 7.90. The lowest BCUT2D eigenvalue weighted by atomic mass is 10.1. The van der Waals surface area contributed by atoms with Gasteiger partial charge in [0.05, 0.1) is 12.7 Å². The zero-order valence-electron chi connectivity index (χ0n) is 21.8. The third kappa shape index (κ3) is 6.49. The van der Waals surface area contributed by atoms with Crippen molar-refractivity contribution >= 4 is 27.7 Å². The summed E-state index contributed by atoms with van der Waals surface area (Å²) in [4.78, 5) is 40.6. The second-order valence-corrected chi connectivity index (χ2v) is 11.2. The van der Waals surface area contributed by atoms with Crippen LogP contribution in [0.25, 0.3) is 0 Å². The molecule has 0 radical (unpaired) electrons. The van der Waals surface area contributed by atoms with Gasteiger partial charge in [-0.3, -0.25) is 14.4 Å². The number of carbonyl (C=O) groups excluding carboxylic acids is 3. The third-order valence-corrected chi connectivity index (χ3v) is 8.09. The molecule has 1 aliphatic rings. The highest BCUT2D eigenvalue weighted by atomic mass is 32.2. The number of ether oxygens (including phenoxy) is 1. The average Bonchev–Trinajstić information content (AvgIpc) is 3.08. The molecule has 37 heavy (non-hydrogen) atoms. The third-order valence-electron chi connectivity index (χ3n) is 6.25. The van der Waals surface area contributed by atoms with Crippen LogP contribution in [0, 0.1) is 5.92 Å². The van der Waals surface area contributed by atoms with Crippen molar-refractivity contribution in [2.45, 2.75) is 57.5 Å². The Kier molecular flexibility index (Phi) is 9.31. The van der Waals surface area contributed by atoms with Crippen molar-refractivity contribution in [2.24, 2.45) is 5.92 Å². The molecule has 0 saturated heterocycles. The lowest BCUT2D eigenvalue weighted by molar-refractivity contribution is -0.141. The maximum absolute atomic E-state index is 13.4. The van der Waals surface area contributed by atoms with Crippen LogP contribution >= 0.6 is 0 Å². The maximum Gasteiger partial charge on any atom is 0.269 e. The lowest BCUT2D eigenvalue weighted by Crippen LogP contribution is -2.49. The number of hydrogen-bond acceptors (Lipinski definition) is 6. The van der Waals surface area contributed by atoms with E-state index >= 15 is 0 Å². The molecule has 0 aliphatic carbocycles. The number of amides is 3. The van der Waals surface area contributed by atoms with E-state index in [2.05, 4.69) is 5.32 Å². The zero-order chi connectivity index (χ0) is 27.2. The second-order valence-electron chi connectivity index (χ2n) is 9.41. The minimum atomic E-state index is -3.94. The van der Waals surface area contributed by atoms with Crippen molar-refractivity contribution in [3.8, 4) is 5.75 Å². The Morgan fingerprint density at radius 3 is 2.35 bits per heavy atom. The number of carbonyl (C=O) groups is 3. The van der Waals surface area contributed by atoms with Crippen LogP contribution in [0.5, 0.6) is 5.75 Å². The largest absolute Gasteiger partial charge is 0.497 e. The van der Waals surface area contributed by atoms with E-state index in [1.807, 2.05) is 32.9 Å². The highest BCUT2D eigenvalue weighted by Gasteiger charge is 2.40. The predicted octanol–water partition coefficient (Wildman–Crippen LogP) is 3.20. The van der Waals surface area contributed by atoms with Gasteiger partial charge < -0.3 is 15.0 Å². The van der Waals surface area contributed by atoms with E-state index in [1.165, 1.54) is 17.0 Å². The summed E-state index contributed by atoms with van der Waals surface area (Å²) in [7, 11) is -2.37. The first kappa shape index (κ1) is 28.2. The van der Waals surface area contributed by atoms with E-state index in [9.17, 15) is 22.8 Å². The monoisotopic (exact) mass is 529 g/mol. The number of methoxy groups -OCH3 is 1. The number of rotatable bonds is 12. The molecular weight excluding hydrogens is 494 g/mol. The van der Waals surface area contributed by atoms with Crippen molar-refractivity contribution in [1.82, 2.24) is 14.5 Å². The van der Waals surface area contributed by atoms with Crippen molar-refractivity contribution in [2.75, 3.05) is 20.2 Å². The SMILES string of the molecule is CC[C@H](C(=O)NCC(C)C)N(Cc1ccc(OC)cc1)C(=O)CCCN1C(=O)c2ccccc2S1(=O)=O. The van der Waals surface area contributed by atoms with E-state index in [0.29, 0.717) is 18.7 Å². The first-order valence-electron chi connectivity index (χ1n) is 12.5. The minimum absolute atomic E-state index is 0.0136. The molecule has 0 spiro atoms. The number of benzene rings is 2. The van der Waals surface area contributed by atoms with Crippen LogP contribution in [0.15, 0.2) is 53.4 Å². The molecule has 1 heterocycles. The summed E-state index contributed by atoms with van der Waals surface area (Å²) in [5, 5.41) is 2.91. The van der Waals surface area contributed by atoms with E-state index in [-0.39, 0.29) is 54.1 Å². The van der Waals surface area contributed by atoms with Crippen LogP contribution < -0.4 is 10.1 Å². The molecule has 1 N–H and O–H groups in total. The molecule has 1 atom stereocenters. The van der Waals surface area contributed by atoms with Crippen LogP contribution in [0.4, 0.5) is 0 Å². The topological polar surface area (TPSA) is 113 Å². The van der Waals surface area contributed by atoms with Gasteiger partial charge in [0.25, 0.3) is 15.9 Å². The normalized spacial score (nSPS) is 14.8. The fraction of sp³-hybridized carbons (Fsp3) is 0.444. The van der Waals surface area contributed by atoms with Gasteiger partial charge in [0.2, 0.25) is 11.8 Å². The van der Waals surface area contributed by atoms with Crippen LogP contribution in [-0.4, -0.2) is 61.6 Å². The van der Waals surface area contributed by atoms with Gasteiger partial charge in [0.15, 0.2) is 0 Å². The lowest BCUT2D eigenvalue weighted by Gasteiger charge is -2.31. The summed E-state index contributed by atoms with van der Waals surface area (Å²) in [5.74, 6) is -0.163. The number of nitrogens with zero attached hydrogens (tertiary/aromatic N) is 2. The Morgan fingerprint density at radius 1 is 1.08 bits per heavy atom. The highest BCUT2D eigenvalue weighted by Crippen LogP contribution is 2.30. The smallest absolute Gasteiger partial charge is 0.269 e. The zero-order valence-corrected chi connectivity index (χ0v) is 22.6. The van der Waals surface area contributed by atoms with Crippen LogP contribution in [0.1, 0.15) is 56.0 Å². The first-order chi connectivity index (χ1) is 17.6. The Hall–Kier alpha value is -3.40. The molecule has 2 aromatic rings. The van der Waals surface area contributed by atoms with Gasteiger partial charge in [-0.1, -0.05) is 45.0 Å². The predicted molar refractivity (Wildman–Crippen MR) is 139 cm³/mol. The van der Waals surface area contributed by atoms with Gasteiger partial charge in [0.1, 0.15) is 16.7 Å². The van der Waals surface area contributed by atoms with Crippen LogP contribution in [0.2, 0.25) is 0 Å². The summed E-state index contributed by atoms with van der Waals surface area (Å²) >= 11 is 0. The van der Waals surface area contributed by atoms with Crippen molar-refractivity contribution in [3.63, 3.8) is 0 Å². The molecule has 0 fully saturated rings. The number of fused-ring (bicyclic) bond motifs is 1. The molecule has 1 aliphatic heterocycles. The maximum atomic E-state index is 13.4. The van der Waals surface area contributed by atoms with Crippen LogP contribution in [-0.2, 0) is 26.2 Å². The summed E-state index contributed by atoms with van der Waals surface area (Å²) in [5.41, 5.74) is 0.972. The molecular formula is C27H35N3O6S. The van der Waals surface area contributed by atoms with E-state index in [0.717, 1.165) is 9.87 Å². The molecule has 2 aromatic carbocycles. The minimum Gasteiger partial charge on any atom is -0.497 e. The molecule has 9 nitrogen and oxygen atoms in total. The van der Waals surface area contributed by atoms with Crippen molar-refractivity contribution in [1.29, 1.82) is 0 Å². The molecule has 0 bridgehead atoms. The molecule has 0 aromatic heterocycles.